The van der Waals surface area contributed by atoms with Crippen LogP contribution in [0.5, 0.6) is 5.75 Å². The molecule has 7 nitrogen and oxygen atoms in total. The van der Waals surface area contributed by atoms with Crippen molar-refractivity contribution in [1.82, 2.24) is 9.21 Å². The molecule has 0 N–H and O–H groups in total. The Morgan fingerprint density at radius 3 is 2.69 bits per heavy atom. The first kappa shape index (κ1) is 19.1. The summed E-state index contributed by atoms with van der Waals surface area (Å²) in [5.74, 6) is -0.994. The van der Waals surface area contributed by atoms with E-state index in [1.165, 1.54) is 17.5 Å². The van der Waals surface area contributed by atoms with Crippen LogP contribution in [0.1, 0.15) is 12.8 Å². The van der Waals surface area contributed by atoms with Crippen molar-refractivity contribution < 1.29 is 27.1 Å². The van der Waals surface area contributed by atoms with Gasteiger partial charge >= 0.3 is 0 Å². The number of sulfonamides is 1. The molecule has 2 saturated heterocycles. The van der Waals surface area contributed by atoms with Gasteiger partial charge in [-0.15, -0.1) is 0 Å². The van der Waals surface area contributed by atoms with Gasteiger partial charge in [0.2, 0.25) is 15.9 Å². The van der Waals surface area contributed by atoms with E-state index < -0.39 is 21.8 Å². The molecule has 9 heteroatoms. The summed E-state index contributed by atoms with van der Waals surface area (Å²) in [5, 5.41) is 0. The lowest BCUT2D eigenvalue weighted by Crippen LogP contribution is -2.49. The molecule has 1 atom stereocenters. The van der Waals surface area contributed by atoms with Gasteiger partial charge in [-0.2, -0.15) is 4.31 Å². The minimum atomic E-state index is -3.95. The molecule has 0 bridgehead atoms. The topological polar surface area (TPSA) is 76.2 Å². The van der Waals surface area contributed by atoms with Crippen molar-refractivity contribution in [3.05, 3.63) is 24.0 Å². The number of halogens is 1. The molecule has 2 aliphatic heterocycles. The molecular formula is C17H23FN2O5S. The van der Waals surface area contributed by atoms with E-state index in [4.69, 9.17) is 9.47 Å². The van der Waals surface area contributed by atoms with Crippen LogP contribution in [0.4, 0.5) is 4.39 Å². The fourth-order valence-corrected chi connectivity index (χ4v) is 5.09. The summed E-state index contributed by atoms with van der Waals surface area (Å²) < 4.78 is 51.2. The van der Waals surface area contributed by atoms with Crippen molar-refractivity contribution in [3.63, 3.8) is 0 Å². The van der Waals surface area contributed by atoms with Gasteiger partial charge in [0, 0.05) is 26.2 Å². The van der Waals surface area contributed by atoms with Gasteiger partial charge in [0.25, 0.3) is 0 Å². The number of carbonyl (C=O) groups is 1. The SMILES string of the molecule is COc1ccc(F)cc1S(=O)(=O)N1CCC[C@@H](C(=O)N2CCOCC2)C1. The van der Waals surface area contributed by atoms with E-state index in [0.717, 1.165) is 12.1 Å². The number of nitrogens with zero attached hydrogens (tertiary/aromatic N) is 2. The number of piperidine rings is 1. The van der Waals surface area contributed by atoms with Gasteiger partial charge in [0.1, 0.15) is 16.5 Å². The molecule has 0 radical (unpaired) electrons. The Morgan fingerprint density at radius 1 is 1.27 bits per heavy atom. The van der Waals surface area contributed by atoms with E-state index >= 15 is 0 Å². The highest BCUT2D eigenvalue weighted by molar-refractivity contribution is 7.89. The summed E-state index contributed by atoms with van der Waals surface area (Å²) in [6, 6.07) is 3.41. The third-order valence-electron chi connectivity index (χ3n) is 4.80. The molecule has 2 fully saturated rings. The molecule has 2 aliphatic rings. The highest BCUT2D eigenvalue weighted by Crippen LogP contribution is 2.31. The first-order valence-electron chi connectivity index (χ1n) is 8.63. The Bertz CT molecular complexity index is 764. The van der Waals surface area contributed by atoms with Gasteiger partial charge in [-0.05, 0) is 31.0 Å². The van der Waals surface area contributed by atoms with Crippen molar-refractivity contribution in [2.75, 3.05) is 46.5 Å². The molecule has 26 heavy (non-hydrogen) atoms. The second-order valence-corrected chi connectivity index (χ2v) is 8.34. The first-order chi connectivity index (χ1) is 12.4. The maximum Gasteiger partial charge on any atom is 0.246 e. The zero-order chi connectivity index (χ0) is 18.7. The predicted molar refractivity (Wildman–Crippen MR) is 91.8 cm³/mol. The minimum absolute atomic E-state index is 0.0422. The van der Waals surface area contributed by atoms with Crippen molar-refractivity contribution in [2.45, 2.75) is 17.7 Å². The van der Waals surface area contributed by atoms with Gasteiger partial charge in [-0.1, -0.05) is 0 Å². The number of benzene rings is 1. The normalized spacial score (nSPS) is 22.2. The van der Waals surface area contributed by atoms with Crippen LogP contribution in [0, 0.1) is 11.7 Å². The van der Waals surface area contributed by atoms with Crippen LogP contribution in [-0.2, 0) is 19.6 Å². The van der Waals surface area contributed by atoms with E-state index in [1.807, 2.05) is 0 Å². The molecule has 0 aromatic heterocycles. The Labute approximate surface area is 152 Å². The highest BCUT2D eigenvalue weighted by atomic mass is 32.2. The fourth-order valence-electron chi connectivity index (χ4n) is 3.40. The van der Waals surface area contributed by atoms with E-state index in [-0.39, 0.29) is 23.1 Å². The first-order valence-corrected chi connectivity index (χ1v) is 10.1. The van der Waals surface area contributed by atoms with Crippen molar-refractivity contribution >= 4 is 15.9 Å². The number of methoxy groups -OCH3 is 1. The Morgan fingerprint density at radius 2 is 2.00 bits per heavy atom. The third kappa shape index (κ3) is 3.84. The van der Waals surface area contributed by atoms with Crippen LogP contribution in [0.3, 0.4) is 0 Å². The van der Waals surface area contributed by atoms with Crippen LogP contribution in [-0.4, -0.2) is 70.0 Å². The zero-order valence-electron chi connectivity index (χ0n) is 14.7. The van der Waals surface area contributed by atoms with Crippen LogP contribution < -0.4 is 4.74 Å². The lowest BCUT2D eigenvalue weighted by molar-refractivity contribution is -0.140. The molecule has 1 aromatic carbocycles. The predicted octanol–water partition coefficient (Wildman–Crippen LogP) is 1.09. The molecular weight excluding hydrogens is 363 g/mol. The lowest BCUT2D eigenvalue weighted by atomic mass is 9.98. The summed E-state index contributed by atoms with van der Waals surface area (Å²) in [7, 11) is -2.61. The Kier molecular flexibility index (Phi) is 5.79. The molecule has 0 saturated carbocycles. The molecule has 0 unspecified atom stereocenters. The molecule has 2 heterocycles. The summed E-state index contributed by atoms with van der Waals surface area (Å²) in [4.78, 5) is 14.2. The second kappa shape index (κ2) is 7.89. The van der Waals surface area contributed by atoms with Gasteiger partial charge < -0.3 is 14.4 Å². The smallest absolute Gasteiger partial charge is 0.246 e. The van der Waals surface area contributed by atoms with Crippen LogP contribution >= 0.6 is 0 Å². The summed E-state index contributed by atoms with van der Waals surface area (Å²) >= 11 is 0. The van der Waals surface area contributed by atoms with Crippen LogP contribution in [0.2, 0.25) is 0 Å². The highest BCUT2D eigenvalue weighted by Gasteiger charge is 2.36. The standard InChI is InChI=1S/C17H23FN2O5S/c1-24-15-5-4-14(18)11-16(15)26(22,23)20-6-2-3-13(12-20)17(21)19-7-9-25-10-8-19/h4-5,11,13H,2-3,6-10,12H2,1H3/t13-/m1/s1. The fraction of sp³-hybridized carbons (Fsp3) is 0.588. The average Bonchev–Trinajstić information content (AvgIpc) is 2.68. The molecule has 0 spiro atoms. The Hall–Kier alpha value is -1.71. The number of rotatable bonds is 4. The largest absolute Gasteiger partial charge is 0.495 e. The van der Waals surface area contributed by atoms with E-state index in [1.54, 1.807) is 4.90 Å². The Balaban J connectivity index is 1.80. The maximum absolute atomic E-state index is 13.6. The van der Waals surface area contributed by atoms with E-state index in [0.29, 0.717) is 45.7 Å². The van der Waals surface area contributed by atoms with Gasteiger partial charge in [0.05, 0.1) is 26.2 Å². The zero-order valence-corrected chi connectivity index (χ0v) is 15.5. The van der Waals surface area contributed by atoms with Gasteiger partial charge in [-0.3, -0.25) is 4.79 Å². The lowest BCUT2D eigenvalue weighted by Gasteiger charge is -2.35. The maximum atomic E-state index is 13.6. The molecule has 144 valence electrons. The molecule has 0 aliphatic carbocycles. The van der Waals surface area contributed by atoms with Crippen LogP contribution in [0.15, 0.2) is 23.1 Å². The second-order valence-electron chi connectivity index (χ2n) is 6.44. The van der Waals surface area contributed by atoms with Gasteiger partial charge in [0.15, 0.2) is 0 Å². The molecule has 1 aromatic rings. The monoisotopic (exact) mass is 386 g/mol. The van der Waals surface area contributed by atoms with Crippen LogP contribution in [0.25, 0.3) is 0 Å². The number of hydrogen-bond acceptors (Lipinski definition) is 5. The number of amides is 1. The summed E-state index contributed by atoms with van der Waals surface area (Å²) in [6.45, 7) is 2.45. The number of morpholine rings is 1. The minimum Gasteiger partial charge on any atom is -0.495 e. The number of carbonyl (C=O) groups excluding carboxylic acids is 1. The third-order valence-corrected chi connectivity index (χ3v) is 6.69. The molecule has 1 amide bonds. The molecule has 3 rings (SSSR count). The van der Waals surface area contributed by atoms with Crippen molar-refractivity contribution in [3.8, 4) is 5.75 Å². The number of ether oxygens (including phenoxy) is 2. The quantitative estimate of drug-likeness (QED) is 0.774. The number of hydrogen-bond donors (Lipinski definition) is 0. The van der Waals surface area contributed by atoms with Crippen molar-refractivity contribution in [1.29, 1.82) is 0 Å². The average molecular weight is 386 g/mol. The van der Waals surface area contributed by atoms with E-state index in [9.17, 15) is 17.6 Å². The summed E-state index contributed by atoms with van der Waals surface area (Å²) in [6.07, 6.45) is 1.22. The summed E-state index contributed by atoms with van der Waals surface area (Å²) in [5.41, 5.74) is 0. The van der Waals surface area contributed by atoms with Crippen molar-refractivity contribution in [2.24, 2.45) is 5.92 Å². The van der Waals surface area contributed by atoms with Gasteiger partial charge in [-0.25, -0.2) is 12.8 Å². The van der Waals surface area contributed by atoms with E-state index in [2.05, 4.69) is 0 Å².